The molecule has 466 valence electrons. The quantitative estimate of drug-likeness (QED) is 0.0397. The number of ether oxygens (including phenoxy) is 8. The number of aliphatic hydroxyl groups excluding tert-OH is 5. The number of amides is 2. The average molecular weight is 1170 g/mol. The van der Waals surface area contributed by atoms with Gasteiger partial charge in [0.1, 0.15) is 54.6 Å². The van der Waals surface area contributed by atoms with E-state index in [9.17, 15) is 59.4 Å². The molecule has 2 bridgehead atoms. The number of allylic oxidation sites excluding steroid dienone is 4. The summed E-state index contributed by atoms with van der Waals surface area (Å²) in [7, 11) is 4.53. The van der Waals surface area contributed by atoms with E-state index < -0.39 is 133 Å². The van der Waals surface area contributed by atoms with Gasteiger partial charge in [0.05, 0.1) is 37.4 Å². The number of carbonyl (C=O) groups excluding carboxylic acids is 6. The monoisotopic (exact) mass is 1160 g/mol. The highest BCUT2D eigenvalue weighted by Gasteiger charge is 2.57. The van der Waals surface area contributed by atoms with Crippen molar-refractivity contribution in [2.24, 2.45) is 29.6 Å². The van der Waals surface area contributed by atoms with Gasteiger partial charge in [-0.2, -0.15) is 0 Å². The molecule has 22 nitrogen and oxygen atoms in total. The van der Waals surface area contributed by atoms with Crippen LogP contribution in [0, 0.1) is 29.6 Å². The fraction of sp³-hybridized carbons (Fsp3) is 0.800. The minimum atomic E-state index is -2.57. The maximum absolute atomic E-state index is 14.6. The van der Waals surface area contributed by atoms with Gasteiger partial charge in [-0.25, -0.2) is 4.79 Å². The molecule has 0 aromatic heterocycles. The van der Waals surface area contributed by atoms with Crippen LogP contribution in [-0.2, 0) is 66.7 Å². The molecule has 7 N–H and O–H groups in total. The molecule has 1 saturated carbocycles. The minimum absolute atomic E-state index is 0.0294. The second-order valence-electron chi connectivity index (χ2n) is 23.6. The number of nitrogens with one attached hydrogen (secondary N) is 1. The lowest BCUT2D eigenvalue weighted by Gasteiger charge is -2.47. The third-order valence-electron chi connectivity index (χ3n) is 17.2. The maximum atomic E-state index is 14.6. The number of carbonyl (C=O) groups is 6. The predicted molar refractivity (Wildman–Crippen MR) is 297 cm³/mol. The molecule has 4 fully saturated rings. The molecule has 0 radical (unpaired) electrons. The summed E-state index contributed by atoms with van der Waals surface area (Å²) in [6, 6.07) is -1.22. The number of aliphatic hydroxyl groups is 6. The van der Waals surface area contributed by atoms with E-state index in [0.717, 1.165) is 23.3 Å². The summed E-state index contributed by atoms with van der Waals surface area (Å²) in [6.07, 6.45) is -0.677. The number of hydrogen-bond donors (Lipinski definition) is 7. The number of unbranched alkanes of at least 4 members (excludes halogenated alkanes) is 3. The van der Waals surface area contributed by atoms with Crippen LogP contribution in [-0.4, -0.2) is 204 Å². The number of Topliss-reactive ketones (excluding diaryl/α,β-unsaturated/α-hetero) is 2. The van der Waals surface area contributed by atoms with Crippen LogP contribution in [0.2, 0.25) is 0 Å². The van der Waals surface area contributed by atoms with Crippen LogP contribution in [0.4, 0.5) is 0 Å². The maximum Gasteiger partial charge on any atom is 0.329 e. The van der Waals surface area contributed by atoms with Crippen molar-refractivity contribution >= 4 is 35.3 Å². The molecule has 0 unspecified atom stereocenters. The molecule has 0 spiro atoms. The van der Waals surface area contributed by atoms with E-state index in [2.05, 4.69) is 11.9 Å². The molecule has 5 rings (SSSR count). The molecule has 0 aromatic rings. The number of fused-ring (bicyclic) bond motifs is 3. The third-order valence-corrected chi connectivity index (χ3v) is 17.2. The van der Waals surface area contributed by atoms with Crippen LogP contribution < -0.4 is 5.32 Å². The lowest BCUT2D eigenvalue weighted by molar-refractivity contribution is -0.302. The molecule has 2 amide bonds. The first-order valence-electron chi connectivity index (χ1n) is 29.6. The van der Waals surface area contributed by atoms with Crippen molar-refractivity contribution in [2.45, 2.75) is 229 Å². The summed E-state index contributed by atoms with van der Waals surface area (Å²) in [5.74, 6) is -9.32. The van der Waals surface area contributed by atoms with E-state index in [1.807, 2.05) is 26.0 Å². The van der Waals surface area contributed by atoms with E-state index >= 15 is 0 Å². The molecule has 4 heterocycles. The topological polar surface area (TPSA) is 313 Å². The Balaban J connectivity index is 1.24. The van der Waals surface area contributed by atoms with E-state index in [4.69, 9.17) is 37.9 Å². The van der Waals surface area contributed by atoms with E-state index in [1.54, 1.807) is 26.8 Å². The molecule has 82 heavy (non-hydrogen) atoms. The standard InChI is InChI=1S/C60H96N2O20/c1-10-17-40-27-34(2)26-35(3)28-46(76-8)55-47(77-9)30-37(5)60(74,82-55)56(71)57(72)62-24-15-13-18-41(62)58(73)81-54(38(6)42(64)32-43(40)65)36(4)29-39-19-20-44(45(31-39)75-7)79-50(67)22-21-49(66)61-23-14-11-12-16-25-78-59-53(70)52(69)51(68)48(33-63)80-59/h10,27,29,35,37-42,44-48,51-55,59,63-64,68-70,74H,1,11-26,28,30-33H2,2-9H3,(H,61,66)/b34-27+,36-29+/t35-,37+,38+,39-,40+,41-,42-,44+,45+,46-,47-,48+,51+,52-,53+,54+,55+,59+,60+/m0/s1. The van der Waals surface area contributed by atoms with Crippen molar-refractivity contribution in [3.8, 4) is 0 Å². The molecular weight excluding hydrogens is 1070 g/mol. The van der Waals surface area contributed by atoms with Gasteiger partial charge in [-0.15, -0.1) is 6.58 Å². The Hall–Kier alpha value is -4.04. The van der Waals surface area contributed by atoms with Crippen LogP contribution >= 0.6 is 0 Å². The highest BCUT2D eigenvalue weighted by atomic mass is 16.7. The zero-order valence-electron chi connectivity index (χ0n) is 49.5. The molecule has 1 aliphatic carbocycles. The number of ketones is 2. The zero-order chi connectivity index (χ0) is 60.4. The van der Waals surface area contributed by atoms with Gasteiger partial charge < -0.3 is 78.8 Å². The van der Waals surface area contributed by atoms with Crippen molar-refractivity contribution < 1.29 is 97.3 Å². The number of methoxy groups -OCH3 is 3. The van der Waals surface area contributed by atoms with Crippen molar-refractivity contribution in [1.82, 2.24) is 10.2 Å². The number of esters is 2. The molecule has 3 saturated heterocycles. The summed E-state index contributed by atoms with van der Waals surface area (Å²) in [5.41, 5.74) is 1.48. The first kappa shape index (κ1) is 68.7. The normalized spacial score (nSPS) is 37.6. The van der Waals surface area contributed by atoms with Gasteiger partial charge >= 0.3 is 11.9 Å². The number of cyclic esters (lactones) is 1. The second kappa shape index (κ2) is 33.0. The van der Waals surface area contributed by atoms with Gasteiger partial charge in [-0.1, -0.05) is 57.4 Å². The number of piperidine rings is 1. The Morgan fingerprint density at radius 2 is 1.55 bits per heavy atom. The highest BCUT2D eigenvalue weighted by Crippen LogP contribution is 2.40. The van der Waals surface area contributed by atoms with Gasteiger partial charge in [0.15, 0.2) is 6.29 Å². The lowest BCUT2D eigenvalue weighted by atomic mass is 9.81. The first-order chi connectivity index (χ1) is 39.0. The van der Waals surface area contributed by atoms with Gasteiger partial charge in [0.25, 0.3) is 11.7 Å². The minimum Gasteiger partial charge on any atom is -0.460 e. The van der Waals surface area contributed by atoms with E-state index in [1.165, 1.54) is 21.3 Å². The summed E-state index contributed by atoms with van der Waals surface area (Å²) in [6.45, 7) is 13.0. The van der Waals surface area contributed by atoms with Crippen LogP contribution in [0.15, 0.2) is 36.0 Å². The Morgan fingerprint density at radius 1 is 0.854 bits per heavy atom. The Morgan fingerprint density at radius 3 is 2.23 bits per heavy atom. The Labute approximate surface area is 483 Å². The lowest BCUT2D eigenvalue weighted by Crippen LogP contribution is -2.64. The van der Waals surface area contributed by atoms with Crippen molar-refractivity contribution in [3.63, 3.8) is 0 Å². The van der Waals surface area contributed by atoms with Crippen LogP contribution in [0.25, 0.3) is 0 Å². The van der Waals surface area contributed by atoms with Crippen LogP contribution in [0.5, 0.6) is 0 Å². The molecule has 5 aliphatic rings. The summed E-state index contributed by atoms with van der Waals surface area (Å²) in [4.78, 5) is 84.5. The molecule has 19 atom stereocenters. The smallest absolute Gasteiger partial charge is 0.329 e. The molecule has 22 heteroatoms. The predicted octanol–water partition coefficient (Wildman–Crippen LogP) is 3.46. The summed E-state index contributed by atoms with van der Waals surface area (Å²) < 4.78 is 47.0. The van der Waals surface area contributed by atoms with Crippen LogP contribution in [0.1, 0.15) is 144 Å². The fourth-order valence-electron chi connectivity index (χ4n) is 12.3. The summed E-state index contributed by atoms with van der Waals surface area (Å²) in [5, 5.41) is 66.3. The number of nitrogens with zero attached hydrogens (tertiary/aromatic N) is 1. The van der Waals surface area contributed by atoms with E-state index in [0.29, 0.717) is 76.3 Å². The number of hydrogen-bond acceptors (Lipinski definition) is 20. The van der Waals surface area contributed by atoms with Crippen molar-refractivity contribution in [1.29, 1.82) is 0 Å². The van der Waals surface area contributed by atoms with Crippen molar-refractivity contribution in [2.75, 3.05) is 47.6 Å². The van der Waals surface area contributed by atoms with E-state index in [-0.39, 0.29) is 68.8 Å². The zero-order valence-corrected chi connectivity index (χ0v) is 49.5. The van der Waals surface area contributed by atoms with Crippen LogP contribution in [0.3, 0.4) is 0 Å². The third kappa shape index (κ3) is 18.5. The number of rotatable bonds is 20. The van der Waals surface area contributed by atoms with Crippen molar-refractivity contribution in [3.05, 3.63) is 36.0 Å². The first-order valence-corrected chi connectivity index (χ1v) is 29.6. The Bertz CT molecular complexity index is 2170. The molecule has 0 aromatic carbocycles. The van der Waals surface area contributed by atoms with Gasteiger partial charge in [0.2, 0.25) is 11.7 Å². The largest absolute Gasteiger partial charge is 0.460 e. The average Bonchev–Trinajstić information content (AvgIpc) is 3.35. The van der Waals surface area contributed by atoms with Gasteiger partial charge in [-0.3, -0.25) is 24.0 Å². The second-order valence-corrected chi connectivity index (χ2v) is 23.6. The fourth-order valence-corrected chi connectivity index (χ4v) is 12.3. The van der Waals surface area contributed by atoms with Gasteiger partial charge in [0, 0.05) is 71.6 Å². The summed E-state index contributed by atoms with van der Waals surface area (Å²) >= 11 is 0. The highest BCUT2D eigenvalue weighted by molar-refractivity contribution is 6.39. The molecule has 4 aliphatic heterocycles. The Kier molecular flexibility index (Phi) is 27.7. The SMILES string of the molecule is C=CC[C@@H]1/C=C(\C)C[C@H](C)C[C@H](OC)[C@H]2O[C@@](O)(C(=O)C(=O)N3CCCC[C@H]3C(=O)O[C@H](/C(C)=C/[C@@H]3CC[C@@H](OC(=O)CCC(=O)NCCCCCCO[C@@H]4O[C@H](CO)[C@@H](O)[C@H](O)[C@H]4O)[C@H](OC)C3)[C@H](C)[C@@H](O)CC1=O)[C@H](C)C[C@@H]2OC. The molecular formula is C60H96N2O20. The van der Waals surface area contributed by atoms with Gasteiger partial charge in [-0.05, 0) is 108 Å².